The highest BCUT2D eigenvalue weighted by Crippen LogP contribution is 2.33. The molecule has 0 heterocycles. The summed E-state index contributed by atoms with van der Waals surface area (Å²) in [4.78, 5) is 11.6. The van der Waals surface area contributed by atoms with E-state index in [-0.39, 0.29) is 12.5 Å². The van der Waals surface area contributed by atoms with Crippen LogP contribution in [0.2, 0.25) is 0 Å². The Kier molecular flexibility index (Phi) is 4.78. The molecule has 19 heavy (non-hydrogen) atoms. The van der Waals surface area contributed by atoms with E-state index in [1.807, 2.05) is 13.8 Å². The molecule has 5 N–H and O–H groups in total. The Balaban J connectivity index is 3.16. The van der Waals surface area contributed by atoms with Gasteiger partial charge in [-0.1, -0.05) is 13.8 Å². The minimum Gasteiger partial charge on any atom is -0.497 e. The van der Waals surface area contributed by atoms with Gasteiger partial charge in [0.15, 0.2) is 0 Å². The molecule has 1 aromatic rings. The molecule has 0 saturated heterocycles. The van der Waals surface area contributed by atoms with Crippen LogP contribution in [-0.4, -0.2) is 24.7 Å². The summed E-state index contributed by atoms with van der Waals surface area (Å²) in [5.74, 6) is -0.344. The van der Waals surface area contributed by atoms with Crippen LogP contribution in [0.15, 0.2) is 18.2 Å². The van der Waals surface area contributed by atoms with Crippen molar-refractivity contribution in [2.75, 3.05) is 19.4 Å². The molecule has 0 aliphatic rings. The van der Waals surface area contributed by atoms with E-state index in [2.05, 4.69) is 0 Å². The Hall–Kier alpha value is -1.75. The first-order valence-corrected chi connectivity index (χ1v) is 6.22. The van der Waals surface area contributed by atoms with Crippen LogP contribution < -0.4 is 16.2 Å². The third kappa shape index (κ3) is 3.17. The first kappa shape index (κ1) is 15.3. The molecule has 0 saturated carbocycles. The van der Waals surface area contributed by atoms with Gasteiger partial charge in [-0.05, 0) is 30.0 Å². The molecule has 0 aliphatic heterocycles. The standard InChI is InChI=1S/C14H22N2O3/c1-9(2)14(8-15,13(17)18)7-10-4-11(16)6-12(5-10)19-3/h4-6,9H,7-8,15-16H2,1-3H3,(H,17,18). The molecule has 0 radical (unpaired) electrons. The fourth-order valence-electron chi connectivity index (χ4n) is 2.19. The van der Waals surface area contributed by atoms with E-state index < -0.39 is 11.4 Å². The monoisotopic (exact) mass is 266 g/mol. The molecule has 0 aromatic heterocycles. The number of carboxylic acids is 1. The second-order valence-corrected chi connectivity index (χ2v) is 5.11. The van der Waals surface area contributed by atoms with Gasteiger partial charge in [0, 0.05) is 18.3 Å². The first-order chi connectivity index (χ1) is 8.85. The van der Waals surface area contributed by atoms with Gasteiger partial charge in [0.2, 0.25) is 0 Å². The predicted molar refractivity (Wildman–Crippen MR) is 75.1 cm³/mol. The summed E-state index contributed by atoms with van der Waals surface area (Å²) < 4.78 is 5.15. The SMILES string of the molecule is COc1cc(N)cc(CC(CN)(C(=O)O)C(C)C)c1. The van der Waals surface area contributed by atoms with Gasteiger partial charge in [-0.25, -0.2) is 0 Å². The van der Waals surface area contributed by atoms with Crippen LogP contribution >= 0.6 is 0 Å². The van der Waals surface area contributed by atoms with Crippen LogP contribution in [-0.2, 0) is 11.2 Å². The third-order valence-corrected chi connectivity index (χ3v) is 3.64. The fourth-order valence-corrected chi connectivity index (χ4v) is 2.19. The Morgan fingerprint density at radius 3 is 2.47 bits per heavy atom. The van der Waals surface area contributed by atoms with Crippen LogP contribution in [0.1, 0.15) is 19.4 Å². The van der Waals surface area contributed by atoms with Gasteiger partial charge >= 0.3 is 5.97 Å². The van der Waals surface area contributed by atoms with Crippen molar-refractivity contribution >= 4 is 11.7 Å². The van der Waals surface area contributed by atoms with Crippen LogP contribution in [0, 0.1) is 11.3 Å². The van der Waals surface area contributed by atoms with Crippen LogP contribution in [0.25, 0.3) is 0 Å². The molecule has 0 amide bonds. The lowest BCUT2D eigenvalue weighted by Crippen LogP contribution is -2.45. The van der Waals surface area contributed by atoms with Crippen molar-refractivity contribution in [2.24, 2.45) is 17.1 Å². The number of carbonyl (C=O) groups is 1. The van der Waals surface area contributed by atoms with Gasteiger partial charge in [-0.15, -0.1) is 0 Å². The van der Waals surface area contributed by atoms with Gasteiger partial charge in [0.05, 0.1) is 12.5 Å². The summed E-state index contributed by atoms with van der Waals surface area (Å²) in [6.07, 6.45) is 0.331. The summed E-state index contributed by atoms with van der Waals surface area (Å²) in [7, 11) is 1.55. The summed E-state index contributed by atoms with van der Waals surface area (Å²) in [5.41, 5.74) is 11.9. The third-order valence-electron chi connectivity index (χ3n) is 3.64. The maximum Gasteiger partial charge on any atom is 0.311 e. The maximum atomic E-state index is 11.6. The molecule has 106 valence electrons. The predicted octanol–water partition coefficient (Wildman–Crippen LogP) is 1.51. The van der Waals surface area contributed by atoms with Crippen molar-refractivity contribution in [3.63, 3.8) is 0 Å². The van der Waals surface area contributed by atoms with Gasteiger partial charge in [-0.3, -0.25) is 4.79 Å². The molecule has 1 unspecified atom stereocenters. The quantitative estimate of drug-likeness (QED) is 0.678. The van der Waals surface area contributed by atoms with E-state index in [1.165, 1.54) is 0 Å². The molecule has 0 fully saturated rings. The highest BCUT2D eigenvalue weighted by molar-refractivity contribution is 5.76. The number of rotatable bonds is 6. The summed E-state index contributed by atoms with van der Waals surface area (Å²) >= 11 is 0. The number of hydrogen-bond donors (Lipinski definition) is 3. The minimum atomic E-state index is -0.987. The van der Waals surface area contributed by atoms with E-state index >= 15 is 0 Å². The molecule has 5 nitrogen and oxygen atoms in total. The van der Waals surface area contributed by atoms with Gasteiger partial charge in [0.1, 0.15) is 5.75 Å². The Morgan fingerprint density at radius 1 is 1.42 bits per heavy atom. The number of nitrogen functional groups attached to an aromatic ring is 1. The van der Waals surface area contributed by atoms with Crippen molar-refractivity contribution in [3.05, 3.63) is 23.8 Å². The molecule has 1 atom stereocenters. The average Bonchev–Trinajstić information content (AvgIpc) is 2.34. The molecular formula is C14H22N2O3. The van der Waals surface area contributed by atoms with Gasteiger partial charge < -0.3 is 21.3 Å². The van der Waals surface area contributed by atoms with Crippen LogP contribution in [0.3, 0.4) is 0 Å². The van der Waals surface area contributed by atoms with E-state index in [4.69, 9.17) is 16.2 Å². The Bertz CT molecular complexity index is 460. The van der Waals surface area contributed by atoms with Crippen molar-refractivity contribution < 1.29 is 14.6 Å². The maximum absolute atomic E-state index is 11.6. The number of ether oxygens (including phenoxy) is 1. The second kappa shape index (κ2) is 5.93. The van der Waals surface area contributed by atoms with Crippen LogP contribution in [0.5, 0.6) is 5.75 Å². The molecule has 0 bridgehead atoms. The summed E-state index contributed by atoms with van der Waals surface area (Å²) in [6, 6.07) is 5.26. The number of methoxy groups -OCH3 is 1. The number of hydrogen-bond acceptors (Lipinski definition) is 4. The molecule has 5 heteroatoms. The van der Waals surface area contributed by atoms with E-state index in [0.29, 0.717) is 17.9 Å². The lowest BCUT2D eigenvalue weighted by molar-refractivity contribution is -0.151. The molecule has 0 aliphatic carbocycles. The largest absolute Gasteiger partial charge is 0.497 e. The Morgan fingerprint density at radius 2 is 2.05 bits per heavy atom. The number of aliphatic carboxylic acids is 1. The lowest BCUT2D eigenvalue weighted by Gasteiger charge is -2.32. The zero-order chi connectivity index (χ0) is 14.6. The molecule has 1 aromatic carbocycles. The van der Waals surface area contributed by atoms with Crippen molar-refractivity contribution in [2.45, 2.75) is 20.3 Å². The smallest absolute Gasteiger partial charge is 0.311 e. The number of nitrogens with two attached hydrogens (primary N) is 2. The highest BCUT2D eigenvalue weighted by Gasteiger charge is 2.40. The lowest BCUT2D eigenvalue weighted by atomic mass is 9.72. The van der Waals surface area contributed by atoms with Crippen LogP contribution in [0.4, 0.5) is 5.69 Å². The molecule has 1 rings (SSSR count). The minimum absolute atomic E-state index is 0.0805. The number of anilines is 1. The molecule has 0 spiro atoms. The van der Waals surface area contributed by atoms with Gasteiger partial charge in [0.25, 0.3) is 0 Å². The highest BCUT2D eigenvalue weighted by atomic mass is 16.5. The fraction of sp³-hybridized carbons (Fsp3) is 0.500. The zero-order valence-corrected chi connectivity index (χ0v) is 11.6. The van der Waals surface area contributed by atoms with Crippen molar-refractivity contribution in [1.82, 2.24) is 0 Å². The van der Waals surface area contributed by atoms with E-state index in [9.17, 15) is 9.90 Å². The topological polar surface area (TPSA) is 98.6 Å². The zero-order valence-electron chi connectivity index (χ0n) is 11.6. The first-order valence-electron chi connectivity index (χ1n) is 6.22. The van der Waals surface area contributed by atoms with Crippen molar-refractivity contribution in [1.29, 1.82) is 0 Å². The Labute approximate surface area is 113 Å². The number of carboxylic acid groups (broad SMARTS) is 1. The summed E-state index contributed by atoms with van der Waals surface area (Å²) in [6.45, 7) is 3.81. The average molecular weight is 266 g/mol. The van der Waals surface area contributed by atoms with Crippen molar-refractivity contribution in [3.8, 4) is 5.75 Å². The molecular weight excluding hydrogens is 244 g/mol. The van der Waals surface area contributed by atoms with E-state index in [1.54, 1.807) is 25.3 Å². The van der Waals surface area contributed by atoms with E-state index in [0.717, 1.165) is 5.56 Å². The number of benzene rings is 1. The van der Waals surface area contributed by atoms with Gasteiger partial charge in [-0.2, -0.15) is 0 Å². The summed E-state index contributed by atoms with van der Waals surface area (Å²) in [5, 5.41) is 9.51. The normalized spacial score (nSPS) is 14.2. The second-order valence-electron chi connectivity index (χ2n) is 5.11.